The van der Waals surface area contributed by atoms with Crippen LogP contribution in [0.15, 0.2) is 24.3 Å². The zero-order valence-corrected chi connectivity index (χ0v) is 52.2. The summed E-state index contributed by atoms with van der Waals surface area (Å²) in [6, 6.07) is -19.4. The Bertz CT molecular complexity index is 2700. The van der Waals surface area contributed by atoms with Crippen molar-refractivity contribution in [3.05, 3.63) is 24.3 Å². The zero-order chi connectivity index (χ0) is 68.7. The lowest BCUT2D eigenvalue weighted by molar-refractivity contribution is -0.153. The van der Waals surface area contributed by atoms with Gasteiger partial charge in [0.05, 0.1) is 43.0 Å². The SMILES string of the molecule is CCC(C)CC/C=C\C=C\C(=O)N[C@H](C(=O)N[C@@H]1C(=O)N[C@H](C(C)C)C(=O)N[C@@H](CCCCN)C(=O)N[C@@H](C(O)C(=O)O)C(=O)N[C@@H](CC(=O)O)C(=O)NCC(=O)N[C@H](C(C)C(=O)O)C(=O)N[C@@H](C(C)C)C(=O)N2CC(C)(O)C[C@H]2C(=O)NC1C)C(C)C(=O)O. The van der Waals surface area contributed by atoms with Crippen molar-refractivity contribution in [2.75, 3.05) is 19.6 Å². The highest BCUT2D eigenvalue weighted by Gasteiger charge is 2.49. The number of hydrogen-bond donors (Lipinski definition) is 17. The number of allylic oxidation sites excluding steroid dienone is 3. The molecule has 15 atom stereocenters. The number of carboxylic acid groups (broad SMARTS) is 4. The first-order valence-electron chi connectivity index (χ1n) is 29.5. The summed E-state index contributed by atoms with van der Waals surface area (Å²) in [5, 5.41) is 84.3. The lowest BCUT2D eigenvalue weighted by Crippen LogP contribution is -2.65. The molecule has 6 unspecified atom stereocenters. The molecular weight excluding hydrogens is 1190 g/mol. The molecule has 2 rings (SSSR count). The quantitative estimate of drug-likeness (QED) is 0.0261. The fraction of sp³-hybridized carbons (Fsp3) is 0.667. The van der Waals surface area contributed by atoms with Gasteiger partial charge in [0.15, 0.2) is 6.10 Å². The monoisotopic (exact) mass is 1280 g/mol. The number of fused-ring (bicyclic) bond motifs is 1. The summed E-state index contributed by atoms with van der Waals surface area (Å²) >= 11 is 0. The van der Waals surface area contributed by atoms with Gasteiger partial charge in [-0.3, -0.25) is 67.1 Å². The average molecular weight is 1280 g/mol. The number of nitrogens with one attached hydrogen (secondary N) is 10. The van der Waals surface area contributed by atoms with Crippen LogP contribution in [0.2, 0.25) is 0 Å². The van der Waals surface area contributed by atoms with E-state index in [9.17, 15) is 103 Å². The van der Waals surface area contributed by atoms with Crippen molar-refractivity contribution in [3.63, 3.8) is 0 Å². The van der Waals surface area contributed by atoms with Crippen LogP contribution in [0.3, 0.4) is 0 Å². The molecule has 0 aromatic carbocycles. The van der Waals surface area contributed by atoms with Gasteiger partial charge in [-0.05, 0) is 84.1 Å². The molecule has 0 aromatic heterocycles. The first kappa shape index (κ1) is 77.5. The summed E-state index contributed by atoms with van der Waals surface area (Å²) < 4.78 is 0. The number of nitrogens with zero attached hydrogens (tertiary/aromatic N) is 1. The Morgan fingerprint density at radius 2 is 1.27 bits per heavy atom. The highest BCUT2D eigenvalue weighted by atomic mass is 16.4. The number of nitrogens with two attached hydrogens (primary N) is 1. The van der Waals surface area contributed by atoms with Crippen LogP contribution in [0.25, 0.3) is 0 Å². The molecule has 0 saturated carbocycles. The molecule has 0 spiro atoms. The fourth-order valence-corrected chi connectivity index (χ4v) is 9.40. The Morgan fingerprint density at radius 3 is 1.82 bits per heavy atom. The minimum Gasteiger partial charge on any atom is -0.481 e. The topological polar surface area (TPSA) is 527 Å². The van der Waals surface area contributed by atoms with Gasteiger partial charge in [0, 0.05) is 12.5 Å². The summed E-state index contributed by atoms with van der Waals surface area (Å²) in [5.41, 5.74) is 3.85. The maximum absolute atomic E-state index is 14.9. The zero-order valence-electron chi connectivity index (χ0n) is 52.2. The minimum atomic E-state index is -2.85. The van der Waals surface area contributed by atoms with Crippen LogP contribution >= 0.6 is 0 Å². The van der Waals surface area contributed by atoms with E-state index in [1.54, 1.807) is 12.2 Å². The average Bonchev–Trinajstić information content (AvgIpc) is 1.67. The third-order valence-corrected chi connectivity index (χ3v) is 15.2. The highest BCUT2D eigenvalue weighted by molar-refractivity contribution is 6.02. The molecule has 18 N–H and O–H groups in total. The molecule has 11 amide bonds. The van der Waals surface area contributed by atoms with Gasteiger partial charge in [0.25, 0.3) is 0 Å². The van der Waals surface area contributed by atoms with E-state index in [4.69, 9.17) is 5.73 Å². The van der Waals surface area contributed by atoms with E-state index >= 15 is 0 Å². The van der Waals surface area contributed by atoms with Crippen LogP contribution in [-0.2, 0) is 71.9 Å². The van der Waals surface area contributed by atoms with E-state index in [0.29, 0.717) is 12.3 Å². The first-order valence-corrected chi connectivity index (χ1v) is 29.5. The Labute approximate surface area is 520 Å². The largest absolute Gasteiger partial charge is 0.481 e. The van der Waals surface area contributed by atoms with E-state index in [0.717, 1.165) is 37.7 Å². The molecule has 33 heteroatoms. The number of unbranched alkanes of at least 4 members (excludes halogenated alkanes) is 1. The second-order valence-corrected chi connectivity index (χ2v) is 23.6. The second-order valence-electron chi connectivity index (χ2n) is 23.6. The number of aliphatic carboxylic acids is 4. The highest BCUT2D eigenvalue weighted by Crippen LogP contribution is 2.29. The third kappa shape index (κ3) is 24.1. The molecule has 2 heterocycles. The molecule has 0 bridgehead atoms. The van der Waals surface area contributed by atoms with Crippen LogP contribution in [0.5, 0.6) is 0 Å². The van der Waals surface area contributed by atoms with E-state index < -0.39 is 211 Å². The van der Waals surface area contributed by atoms with Crippen molar-refractivity contribution in [1.29, 1.82) is 0 Å². The molecule has 0 aromatic rings. The second kappa shape index (κ2) is 36.2. The maximum atomic E-state index is 14.9. The van der Waals surface area contributed by atoms with Crippen molar-refractivity contribution >= 4 is 88.9 Å². The van der Waals surface area contributed by atoms with E-state index in [-0.39, 0.29) is 25.8 Å². The smallest absolute Gasteiger partial charge is 0.335 e. The molecular formula is C57H90N12O21. The van der Waals surface area contributed by atoms with Gasteiger partial charge in [0.1, 0.15) is 54.4 Å². The van der Waals surface area contributed by atoms with Crippen molar-refractivity contribution < 1.29 is 103 Å². The Hall–Kier alpha value is -8.59. The Morgan fingerprint density at radius 1 is 0.689 bits per heavy atom. The van der Waals surface area contributed by atoms with E-state index in [1.165, 1.54) is 47.6 Å². The van der Waals surface area contributed by atoms with Crippen LogP contribution in [-0.4, -0.2) is 216 Å². The number of hydrogen-bond acceptors (Lipinski definition) is 18. The summed E-state index contributed by atoms with van der Waals surface area (Å²) in [7, 11) is 0. The number of aliphatic hydroxyl groups is 2. The Balaban J connectivity index is 2.99. The molecule has 0 radical (unpaired) electrons. The van der Waals surface area contributed by atoms with E-state index in [2.05, 4.69) is 44.1 Å². The minimum absolute atomic E-state index is 0.0406. The standard InChI is InChI=1S/C57H90N12O21/c1-11-28(6)18-14-12-13-15-20-35(70)63-40(29(7)54(84)85)50(80)67-42-31(9)60-47(77)34-23-57(10,90)25-69(34)53(83)39(27(4)5)66-49(79)41(30(8)55(86)87)64-36(71)24-59-45(75)33(22-37(72)73)62-52(82)43(44(74)56(88)89)68-46(76)32(19-16-17-21-58)61-48(78)38(26(2)3)65-51(42)81/h12-13,15,20,26-34,38-44,74,90H,11,14,16-19,21-25,58H2,1-10H3,(H,59,75)(H,60,77)(H,61,78)(H,62,82)(H,63,70)(H,64,71)(H,65,81)(H,66,79)(H,67,80)(H,68,76)(H,72,73)(H,84,85)(H,86,87)(H,88,89)/b13-12-,20-15+/t28?,29?,30?,31?,32-,33-,34-,38+,39-,40-,41+,42-,43-,44?,57?/m0/s1. The third-order valence-electron chi connectivity index (χ3n) is 15.2. The van der Waals surface area contributed by atoms with E-state index in [1.807, 2.05) is 22.9 Å². The predicted molar refractivity (Wildman–Crippen MR) is 316 cm³/mol. The van der Waals surface area contributed by atoms with Gasteiger partial charge < -0.3 is 94.4 Å². The van der Waals surface area contributed by atoms with Crippen molar-refractivity contribution in [2.45, 2.75) is 193 Å². The molecule has 2 saturated heterocycles. The van der Waals surface area contributed by atoms with Gasteiger partial charge >= 0.3 is 23.9 Å². The fourth-order valence-electron chi connectivity index (χ4n) is 9.40. The summed E-state index contributed by atoms with van der Waals surface area (Å²) in [6.07, 6.45) is 3.47. The summed E-state index contributed by atoms with van der Waals surface area (Å²) in [5.74, 6) is -26.1. The van der Waals surface area contributed by atoms with Crippen LogP contribution in [0.1, 0.15) is 121 Å². The lowest BCUT2D eigenvalue weighted by atomic mass is 9.97. The molecule has 2 aliphatic heterocycles. The number of aliphatic hydroxyl groups excluding tert-OH is 1. The van der Waals surface area contributed by atoms with Gasteiger partial charge in [-0.15, -0.1) is 0 Å². The predicted octanol–water partition coefficient (Wildman–Crippen LogP) is -4.41. The van der Waals surface area contributed by atoms with Gasteiger partial charge in [-0.2, -0.15) is 0 Å². The number of carbonyl (C=O) groups excluding carboxylic acids is 11. The molecule has 2 fully saturated rings. The van der Waals surface area contributed by atoms with Crippen molar-refractivity contribution in [2.24, 2.45) is 35.3 Å². The molecule has 504 valence electrons. The molecule has 0 aliphatic carbocycles. The molecule has 90 heavy (non-hydrogen) atoms. The maximum Gasteiger partial charge on any atom is 0.335 e. The van der Waals surface area contributed by atoms with Gasteiger partial charge in [-0.1, -0.05) is 66.2 Å². The van der Waals surface area contributed by atoms with Crippen LogP contribution < -0.4 is 58.9 Å². The summed E-state index contributed by atoms with van der Waals surface area (Å²) in [6.45, 7) is 12.6. The first-order chi connectivity index (χ1) is 41.9. The number of amides is 11. The van der Waals surface area contributed by atoms with Gasteiger partial charge in [-0.25, -0.2) is 4.79 Å². The normalized spacial score (nSPS) is 26.8. The molecule has 2 aliphatic rings. The van der Waals surface area contributed by atoms with Gasteiger partial charge in [0.2, 0.25) is 65.0 Å². The number of carbonyl (C=O) groups is 15. The lowest BCUT2D eigenvalue weighted by Gasteiger charge is -2.34. The number of carboxylic acids is 4. The molecule has 33 nitrogen and oxygen atoms in total. The van der Waals surface area contributed by atoms with Crippen molar-refractivity contribution in [1.82, 2.24) is 58.1 Å². The van der Waals surface area contributed by atoms with Crippen LogP contribution in [0, 0.1) is 29.6 Å². The Kier molecular flexibility index (Phi) is 31.1. The van der Waals surface area contributed by atoms with Crippen molar-refractivity contribution in [3.8, 4) is 0 Å². The number of rotatable bonds is 23. The summed E-state index contributed by atoms with van der Waals surface area (Å²) in [4.78, 5) is 205. The van der Waals surface area contributed by atoms with Crippen LogP contribution in [0.4, 0.5) is 0 Å².